The van der Waals surface area contributed by atoms with E-state index in [0.29, 0.717) is 19.0 Å². The first-order valence-corrected chi connectivity index (χ1v) is 6.28. The highest BCUT2D eigenvalue weighted by Crippen LogP contribution is 2.25. The molecule has 1 aliphatic rings. The van der Waals surface area contributed by atoms with Gasteiger partial charge in [0.15, 0.2) is 5.69 Å². The molecule has 98 valence electrons. The number of carbonyl (C=O) groups is 1. The standard InChI is InChI=1S/C13H19N3O2/c1-9-4-6-16(10(7-9)8-14)13(18)12-11(17)3-2-5-15-12/h2-3,5,9-10,17H,4,6-8,14H2,1H3. The lowest BCUT2D eigenvalue weighted by atomic mass is 9.92. The van der Waals surface area contributed by atoms with Crippen molar-refractivity contribution >= 4 is 5.91 Å². The van der Waals surface area contributed by atoms with Gasteiger partial charge in [0.1, 0.15) is 5.75 Å². The molecule has 1 aromatic heterocycles. The van der Waals surface area contributed by atoms with Crippen molar-refractivity contribution in [1.82, 2.24) is 9.88 Å². The van der Waals surface area contributed by atoms with Crippen molar-refractivity contribution in [3.05, 3.63) is 24.0 Å². The number of aromatic nitrogens is 1. The van der Waals surface area contributed by atoms with Gasteiger partial charge in [-0.3, -0.25) is 4.79 Å². The van der Waals surface area contributed by atoms with Crippen LogP contribution < -0.4 is 5.73 Å². The quantitative estimate of drug-likeness (QED) is 0.819. The summed E-state index contributed by atoms with van der Waals surface area (Å²) in [7, 11) is 0. The first-order chi connectivity index (χ1) is 8.63. The lowest BCUT2D eigenvalue weighted by molar-refractivity contribution is 0.0564. The fourth-order valence-corrected chi connectivity index (χ4v) is 2.44. The molecule has 2 heterocycles. The van der Waals surface area contributed by atoms with Gasteiger partial charge in [-0.05, 0) is 30.9 Å². The Morgan fingerprint density at radius 1 is 1.67 bits per heavy atom. The Bertz CT molecular complexity index is 436. The molecule has 2 rings (SSSR count). The smallest absolute Gasteiger partial charge is 0.276 e. The number of hydrogen-bond acceptors (Lipinski definition) is 4. The van der Waals surface area contributed by atoms with Gasteiger partial charge in [-0.1, -0.05) is 6.92 Å². The van der Waals surface area contributed by atoms with Crippen LogP contribution in [0.15, 0.2) is 18.3 Å². The van der Waals surface area contributed by atoms with Crippen molar-refractivity contribution in [2.24, 2.45) is 11.7 Å². The van der Waals surface area contributed by atoms with E-state index in [1.165, 1.54) is 12.3 Å². The Morgan fingerprint density at radius 3 is 3.11 bits per heavy atom. The predicted molar refractivity (Wildman–Crippen MR) is 68.2 cm³/mol. The summed E-state index contributed by atoms with van der Waals surface area (Å²) >= 11 is 0. The van der Waals surface area contributed by atoms with E-state index >= 15 is 0 Å². The average molecular weight is 249 g/mol. The summed E-state index contributed by atoms with van der Waals surface area (Å²) in [6, 6.07) is 3.12. The molecule has 0 saturated carbocycles. The molecule has 3 N–H and O–H groups in total. The van der Waals surface area contributed by atoms with Gasteiger partial charge in [-0.15, -0.1) is 0 Å². The Hall–Kier alpha value is -1.62. The van der Waals surface area contributed by atoms with Crippen LogP contribution in [0.25, 0.3) is 0 Å². The molecule has 5 nitrogen and oxygen atoms in total. The van der Waals surface area contributed by atoms with Crippen LogP contribution in [0.1, 0.15) is 30.3 Å². The molecular formula is C13H19N3O2. The van der Waals surface area contributed by atoms with E-state index in [1.807, 2.05) is 0 Å². The number of aromatic hydroxyl groups is 1. The van der Waals surface area contributed by atoms with Gasteiger partial charge >= 0.3 is 0 Å². The van der Waals surface area contributed by atoms with Crippen LogP contribution in [0.5, 0.6) is 5.75 Å². The fourth-order valence-electron chi connectivity index (χ4n) is 2.44. The summed E-state index contributed by atoms with van der Waals surface area (Å²) in [6.45, 7) is 3.30. The van der Waals surface area contributed by atoms with E-state index in [0.717, 1.165) is 12.8 Å². The minimum absolute atomic E-state index is 0.0441. The van der Waals surface area contributed by atoms with Crippen molar-refractivity contribution in [3.63, 3.8) is 0 Å². The van der Waals surface area contributed by atoms with Gasteiger partial charge < -0.3 is 15.7 Å². The van der Waals surface area contributed by atoms with Crippen LogP contribution in [0, 0.1) is 5.92 Å². The minimum Gasteiger partial charge on any atom is -0.505 e. The second kappa shape index (κ2) is 5.35. The second-order valence-electron chi connectivity index (χ2n) is 4.89. The summed E-state index contributed by atoms with van der Waals surface area (Å²) in [6.07, 6.45) is 3.39. The summed E-state index contributed by atoms with van der Waals surface area (Å²) in [4.78, 5) is 18.0. The van der Waals surface area contributed by atoms with Crippen LogP contribution in [0.2, 0.25) is 0 Å². The number of pyridine rings is 1. The highest BCUT2D eigenvalue weighted by Gasteiger charge is 2.31. The Labute approximate surface area is 107 Å². The predicted octanol–water partition coefficient (Wildman–Crippen LogP) is 0.987. The maximum absolute atomic E-state index is 12.3. The third-order valence-corrected chi connectivity index (χ3v) is 3.50. The monoisotopic (exact) mass is 249 g/mol. The molecule has 5 heteroatoms. The van der Waals surface area contributed by atoms with Crippen molar-refractivity contribution in [3.8, 4) is 5.75 Å². The number of likely N-dealkylation sites (tertiary alicyclic amines) is 1. The average Bonchev–Trinajstić information content (AvgIpc) is 2.38. The van der Waals surface area contributed by atoms with Crippen molar-refractivity contribution in [1.29, 1.82) is 0 Å². The van der Waals surface area contributed by atoms with Crippen LogP contribution in [-0.2, 0) is 0 Å². The lowest BCUT2D eigenvalue weighted by Gasteiger charge is -2.37. The minimum atomic E-state index is -0.226. The van der Waals surface area contributed by atoms with Gasteiger partial charge in [0, 0.05) is 25.3 Å². The van der Waals surface area contributed by atoms with Gasteiger partial charge in [0.2, 0.25) is 0 Å². The summed E-state index contributed by atoms with van der Waals surface area (Å²) in [5.41, 5.74) is 5.85. The third-order valence-electron chi connectivity index (χ3n) is 3.50. The number of amides is 1. The van der Waals surface area contributed by atoms with E-state index in [2.05, 4.69) is 11.9 Å². The molecule has 1 fully saturated rings. The molecule has 18 heavy (non-hydrogen) atoms. The topological polar surface area (TPSA) is 79.5 Å². The third kappa shape index (κ3) is 2.46. The first kappa shape index (κ1) is 12.8. The molecule has 1 amide bonds. The Balaban J connectivity index is 2.20. The molecule has 0 radical (unpaired) electrons. The van der Waals surface area contributed by atoms with Crippen LogP contribution in [-0.4, -0.2) is 40.0 Å². The van der Waals surface area contributed by atoms with Gasteiger partial charge in [-0.2, -0.15) is 0 Å². The number of carbonyl (C=O) groups excluding carboxylic acids is 1. The fraction of sp³-hybridized carbons (Fsp3) is 0.538. The van der Waals surface area contributed by atoms with Crippen LogP contribution >= 0.6 is 0 Å². The second-order valence-corrected chi connectivity index (χ2v) is 4.89. The summed E-state index contributed by atoms with van der Waals surface area (Å²) in [5, 5.41) is 9.68. The number of nitrogens with zero attached hydrogens (tertiary/aromatic N) is 2. The molecule has 1 aliphatic heterocycles. The summed E-state index contributed by atoms with van der Waals surface area (Å²) in [5.74, 6) is 0.285. The van der Waals surface area contributed by atoms with E-state index in [4.69, 9.17) is 5.73 Å². The highest BCUT2D eigenvalue weighted by atomic mass is 16.3. The van der Waals surface area contributed by atoms with E-state index in [-0.39, 0.29) is 23.4 Å². The molecular weight excluding hydrogens is 230 g/mol. The number of nitrogens with two attached hydrogens (primary N) is 1. The molecule has 0 bridgehead atoms. The molecule has 0 spiro atoms. The molecule has 0 aliphatic carbocycles. The summed E-state index contributed by atoms with van der Waals surface area (Å²) < 4.78 is 0. The first-order valence-electron chi connectivity index (χ1n) is 6.28. The van der Waals surface area contributed by atoms with Gasteiger partial charge in [0.05, 0.1) is 0 Å². The number of hydrogen-bond donors (Lipinski definition) is 2. The zero-order valence-electron chi connectivity index (χ0n) is 10.5. The van der Waals surface area contributed by atoms with E-state index in [9.17, 15) is 9.90 Å². The zero-order chi connectivity index (χ0) is 13.1. The normalized spacial score (nSPS) is 24.0. The highest BCUT2D eigenvalue weighted by molar-refractivity contribution is 5.95. The number of piperidine rings is 1. The lowest BCUT2D eigenvalue weighted by Crippen LogP contribution is -2.49. The van der Waals surface area contributed by atoms with Gasteiger partial charge in [-0.25, -0.2) is 4.98 Å². The molecule has 2 atom stereocenters. The van der Waals surface area contributed by atoms with Crippen LogP contribution in [0.4, 0.5) is 0 Å². The van der Waals surface area contributed by atoms with Crippen molar-refractivity contribution < 1.29 is 9.90 Å². The van der Waals surface area contributed by atoms with Crippen LogP contribution in [0.3, 0.4) is 0 Å². The Kier molecular flexibility index (Phi) is 3.81. The maximum Gasteiger partial charge on any atom is 0.276 e. The van der Waals surface area contributed by atoms with E-state index < -0.39 is 0 Å². The maximum atomic E-state index is 12.3. The van der Waals surface area contributed by atoms with E-state index in [1.54, 1.807) is 11.0 Å². The number of rotatable bonds is 2. The van der Waals surface area contributed by atoms with Gasteiger partial charge in [0.25, 0.3) is 5.91 Å². The molecule has 1 aromatic rings. The largest absolute Gasteiger partial charge is 0.505 e. The molecule has 0 aromatic carbocycles. The van der Waals surface area contributed by atoms with Crippen molar-refractivity contribution in [2.75, 3.05) is 13.1 Å². The zero-order valence-corrected chi connectivity index (χ0v) is 10.5. The molecule has 1 saturated heterocycles. The Morgan fingerprint density at radius 2 is 2.44 bits per heavy atom. The molecule has 2 unspecified atom stereocenters. The van der Waals surface area contributed by atoms with Crippen molar-refractivity contribution in [2.45, 2.75) is 25.8 Å². The SMILES string of the molecule is CC1CCN(C(=O)c2ncccc2O)C(CN)C1.